The van der Waals surface area contributed by atoms with Gasteiger partial charge in [-0.15, -0.1) is 0 Å². The van der Waals surface area contributed by atoms with E-state index in [0.29, 0.717) is 0 Å². The Bertz CT molecular complexity index is 386. The van der Waals surface area contributed by atoms with Gasteiger partial charge in [0.2, 0.25) is 11.8 Å². The zero-order chi connectivity index (χ0) is 16.8. The van der Waals surface area contributed by atoms with E-state index in [1.165, 1.54) is 11.9 Å². The molecule has 0 fully saturated rings. The van der Waals surface area contributed by atoms with Crippen molar-refractivity contribution < 1.29 is 19.1 Å². The van der Waals surface area contributed by atoms with Crippen molar-refractivity contribution in [1.82, 2.24) is 10.2 Å². The third-order valence-corrected chi connectivity index (χ3v) is 2.84. The first kappa shape index (κ1) is 19.4. The Hall–Kier alpha value is -1.59. The zero-order valence-corrected chi connectivity index (χ0v) is 14.1. The lowest BCUT2D eigenvalue weighted by Crippen LogP contribution is -2.48. The Balaban J connectivity index is 4.96. The summed E-state index contributed by atoms with van der Waals surface area (Å²) in [7, 11) is 1.51. The lowest BCUT2D eigenvalue weighted by molar-refractivity contribution is -0.160. The van der Waals surface area contributed by atoms with Crippen molar-refractivity contribution in [3.05, 3.63) is 0 Å². The summed E-state index contributed by atoms with van der Waals surface area (Å²) >= 11 is 0. The second kappa shape index (κ2) is 8.00. The van der Waals surface area contributed by atoms with E-state index in [2.05, 4.69) is 5.32 Å². The van der Waals surface area contributed by atoms with Gasteiger partial charge in [0.25, 0.3) is 0 Å². The number of ether oxygens (including phenoxy) is 1. The molecule has 21 heavy (non-hydrogen) atoms. The van der Waals surface area contributed by atoms with Gasteiger partial charge in [-0.25, -0.2) is 0 Å². The monoisotopic (exact) mass is 300 g/mol. The van der Waals surface area contributed by atoms with Crippen molar-refractivity contribution in [3.8, 4) is 0 Å². The lowest BCUT2D eigenvalue weighted by atomic mass is 9.80. The van der Waals surface area contributed by atoms with Crippen molar-refractivity contribution in [1.29, 1.82) is 0 Å². The average Bonchev–Trinajstić information content (AvgIpc) is 2.25. The number of carbonyl (C=O) groups excluding carboxylic acids is 3. The second-order valence-electron chi connectivity index (χ2n) is 6.47. The smallest absolute Gasteiger partial charge is 0.319 e. The molecule has 0 saturated heterocycles. The summed E-state index contributed by atoms with van der Waals surface area (Å²) in [5.74, 6) is -2.13. The third kappa shape index (κ3) is 6.60. The number of carbonyl (C=O) groups is 3. The van der Waals surface area contributed by atoms with Crippen LogP contribution >= 0.6 is 0 Å². The highest BCUT2D eigenvalue weighted by molar-refractivity contribution is 5.99. The summed E-state index contributed by atoms with van der Waals surface area (Å²) in [5, 5.41) is 2.71. The van der Waals surface area contributed by atoms with E-state index in [0.717, 1.165) is 0 Å². The summed E-state index contributed by atoms with van der Waals surface area (Å²) in [6.07, 6.45) is 0. The summed E-state index contributed by atoms with van der Waals surface area (Å²) in [4.78, 5) is 37.5. The van der Waals surface area contributed by atoms with E-state index in [9.17, 15) is 14.4 Å². The Kier molecular flexibility index (Phi) is 7.39. The minimum atomic E-state index is -0.922. The van der Waals surface area contributed by atoms with Gasteiger partial charge in [-0.05, 0) is 26.2 Å². The molecule has 0 aromatic carbocycles. The van der Waals surface area contributed by atoms with E-state index >= 15 is 0 Å². The first-order chi connectivity index (χ1) is 9.50. The molecule has 0 aliphatic carbocycles. The molecule has 1 atom stereocenters. The van der Waals surface area contributed by atoms with E-state index in [-0.39, 0.29) is 25.1 Å². The molecule has 0 aromatic heterocycles. The Labute approximate surface area is 127 Å². The molecule has 122 valence electrons. The van der Waals surface area contributed by atoms with Crippen molar-refractivity contribution in [2.75, 3.05) is 20.2 Å². The third-order valence-electron chi connectivity index (χ3n) is 2.84. The van der Waals surface area contributed by atoms with Gasteiger partial charge in [0.15, 0.2) is 0 Å². The van der Waals surface area contributed by atoms with Gasteiger partial charge in [-0.2, -0.15) is 0 Å². The van der Waals surface area contributed by atoms with Gasteiger partial charge in [0, 0.05) is 13.1 Å². The number of rotatable bonds is 6. The first-order valence-electron chi connectivity index (χ1n) is 7.21. The Morgan fingerprint density at radius 2 is 1.71 bits per heavy atom. The molecule has 6 heteroatoms. The molecule has 0 saturated carbocycles. The molecule has 1 unspecified atom stereocenters. The standard InChI is InChI=1S/C15H28N2O4/c1-8-21-14(20)12(15(4,5)6)13(19)17(7)9-11(18)16-10(2)3/h10,12H,8-9H2,1-7H3,(H,16,18). The van der Waals surface area contributed by atoms with E-state index in [4.69, 9.17) is 4.74 Å². The van der Waals surface area contributed by atoms with Gasteiger partial charge in [0.1, 0.15) is 5.92 Å². The number of nitrogens with one attached hydrogen (secondary N) is 1. The Morgan fingerprint density at radius 3 is 2.10 bits per heavy atom. The van der Waals surface area contributed by atoms with Gasteiger partial charge in [0.05, 0.1) is 13.2 Å². The minimum absolute atomic E-state index is 0.00414. The van der Waals surface area contributed by atoms with Crippen LogP contribution in [0.5, 0.6) is 0 Å². The molecular formula is C15H28N2O4. The zero-order valence-electron chi connectivity index (χ0n) is 14.1. The SMILES string of the molecule is CCOC(=O)C(C(=O)N(C)CC(=O)NC(C)C)C(C)(C)C. The lowest BCUT2D eigenvalue weighted by Gasteiger charge is -2.31. The molecule has 2 amide bonds. The van der Waals surface area contributed by atoms with Gasteiger partial charge in [-0.1, -0.05) is 20.8 Å². The quantitative estimate of drug-likeness (QED) is 0.590. The van der Waals surface area contributed by atoms with E-state index < -0.39 is 23.2 Å². The predicted octanol–water partition coefficient (Wildman–Crippen LogP) is 1.19. The van der Waals surface area contributed by atoms with Crippen LogP contribution in [-0.4, -0.2) is 48.9 Å². The van der Waals surface area contributed by atoms with Crippen LogP contribution in [0.15, 0.2) is 0 Å². The van der Waals surface area contributed by atoms with E-state index in [1.54, 1.807) is 27.7 Å². The summed E-state index contributed by atoms with van der Waals surface area (Å²) < 4.78 is 4.98. The number of nitrogens with zero attached hydrogens (tertiary/aromatic N) is 1. The van der Waals surface area contributed by atoms with Gasteiger partial charge in [-0.3, -0.25) is 14.4 Å². The summed E-state index contributed by atoms with van der Waals surface area (Å²) in [6, 6.07) is 0.00414. The molecule has 0 rings (SSSR count). The van der Waals surface area contributed by atoms with Crippen molar-refractivity contribution >= 4 is 17.8 Å². The van der Waals surface area contributed by atoms with Crippen LogP contribution in [0, 0.1) is 11.3 Å². The average molecular weight is 300 g/mol. The van der Waals surface area contributed by atoms with Crippen LogP contribution in [0.25, 0.3) is 0 Å². The summed E-state index contributed by atoms with van der Waals surface area (Å²) in [6.45, 7) is 10.9. The first-order valence-corrected chi connectivity index (χ1v) is 7.21. The number of esters is 1. The molecular weight excluding hydrogens is 272 g/mol. The maximum atomic E-state index is 12.5. The van der Waals surface area contributed by atoms with Gasteiger partial charge >= 0.3 is 5.97 Å². The van der Waals surface area contributed by atoms with Crippen molar-refractivity contribution in [2.24, 2.45) is 11.3 Å². The van der Waals surface area contributed by atoms with Crippen molar-refractivity contribution in [2.45, 2.75) is 47.6 Å². The van der Waals surface area contributed by atoms with Crippen LogP contribution in [0.4, 0.5) is 0 Å². The summed E-state index contributed by atoms with van der Waals surface area (Å²) in [5.41, 5.74) is -0.577. The largest absolute Gasteiger partial charge is 0.465 e. The predicted molar refractivity (Wildman–Crippen MR) is 80.5 cm³/mol. The normalized spacial score (nSPS) is 12.8. The fraction of sp³-hybridized carbons (Fsp3) is 0.800. The van der Waals surface area contributed by atoms with Gasteiger partial charge < -0.3 is 15.0 Å². The highest BCUT2D eigenvalue weighted by Crippen LogP contribution is 2.28. The fourth-order valence-corrected chi connectivity index (χ4v) is 1.93. The highest BCUT2D eigenvalue weighted by atomic mass is 16.5. The Morgan fingerprint density at radius 1 is 1.19 bits per heavy atom. The topological polar surface area (TPSA) is 75.7 Å². The van der Waals surface area contributed by atoms with Crippen LogP contribution < -0.4 is 5.32 Å². The molecule has 0 aromatic rings. The number of amides is 2. The highest BCUT2D eigenvalue weighted by Gasteiger charge is 2.40. The number of hydrogen-bond donors (Lipinski definition) is 1. The molecule has 0 bridgehead atoms. The molecule has 0 spiro atoms. The fourth-order valence-electron chi connectivity index (χ4n) is 1.93. The number of hydrogen-bond acceptors (Lipinski definition) is 4. The number of likely N-dealkylation sites (N-methyl/N-ethyl adjacent to an activating group) is 1. The van der Waals surface area contributed by atoms with Crippen LogP contribution in [0.1, 0.15) is 41.5 Å². The van der Waals surface area contributed by atoms with E-state index in [1.807, 2.05) is 13.8 Å². The molecule has 0 heterocycles. The molecule has 0 radical (unpaired) electrons. The maximum Gasteiger partial charge on any atom is 0.319 e. The molecule has 0 aliphatic heterocycles. The van der Waals surface area contributed by atoms with Crippen LogP contribution in [-0.2, 0) is 19.1 Å². The maximum absolute atomic E-state index is 12.5. The van der Waals surface area contributed by atoms with Crippen molar-refractivity contribution in [3.63, 3.8) is 0 Å². The van der Waals surface area contributed by atoms with Crippen LogP contribution in [0.3, 0.4) is 0 Å². The van der Waals surface area contributed by atoms with Crippen LogP contribution in [0.2, 0.25) is 0 Å². The minimum Gasteiger partial charge on any atom is -0.465 e. The molecule has 6 nitrogen and oxygen atoms in total. The second-order valence-corrected chi connectivity index (χ2v) is 6.47. The molecule has 0 aliphatic rings. The molecule has 1 N–H and O–H groups in total.